The summed E-state index contributed by atoms with van der Waals surface area (Å²) in [7, 11) is 0. The first-order valence-corrected chi connectivity index (χ1v) is 8.81. The van der Waals surface area contributed by atoms with Crippen LogP contribution in [0.3, 0.4) is 0 Å². The van der Waals surface area contributed by atoms with Crippen molar-refractivity contribution in [2.45, 2.75) is 6.54 Å². The molecule has 0 spiro atoms. The smallest absolute Gasteiger partial charge is 0.0764 e. The third kappa shape index (κ3) is 4.50. The van der Waals surface area contributed by atoms with Crippen LogP contribution in [-0.4, -0.2) is 5.87 Å². The Bertz CT molecular complexity index is 959. The molecule has 5 heteroatoms. The van der Waals surface area contributed by atoms with E-state index in [9.17, 15) is 0 Å². The maximum absolute atomic E-state index is 8.60. The molecule has 0 atom stereocenters. The molecule has 26 heavy (non-hydrogen) atoms. The van der Waals surface area contributed by atoms with E-state index in [1.54, 1.807) is 0 Å². The molecule has 0 aromatic heterocycles. The van der Waals surface area contributed by atoms with Crippen molar-refractivity contribution < 1.29 is 0 Å². The topological polar surface area (TPSA) is 61.1 Å². The second-order valence-electron chi connectivity index (χ2n) is 5.49. The van der Waals surface area contributed by atoms with E-state index >= 15 is 0 Å². The molecule has 0 fully saturated rings. The predicted octanol–water partition coefficient (Wildman–Crippen LogP) is 6.69. The molecule has 0 heterocycles. The Labute approximate surface area is 160 Å². The van der Waals surface area contributed by atoms with Crippen molar-refractivity contribution in [1.82, 2.24) is 0 Å². The molecule has 0 saturated heterocycles. The fourth-order valence-corrected chi connectivity index (χ4v) is 2.93. The second-order valence-corrected chi connectivity index (χ2v) is 6.41. The van der Waals surface area contributed by atoms with Gasteiger partial charge in [-0.1, -0.05) is 81.7 Å². The van der Waals surface area contributed by atoms with E-state index in [0.29, 0.717) is 0 Å². The van der Waals surface area contributed by atoms with Gasteiger partial charge in [0.25, 0.3) is 0 Å². The minimum absolute atomic E-state index is 0.239. The maximum atomic E-state index is 8.60. The van der Waals surface area contributed by atoms with Crippen molar-refractivity contribution in [1.29, 1.82) is 0 Å². The summed E-state index contributed by atoms with van der Waals surface area (Å²) in [5.41, 5.74) is 13.1. The number of azide groups is 1. The van der Waals surface area contributed by atoms with Crippen molar-refractivity contribution in [3.63, 3.8) is 0 Å². The molecule has 0 bridgehead atoms. The normalized spacial score (nSPS) is 9.73. The quantitative estimate of drug-likeness (QED) is 0.197. The van der Waals surface area contributed by atoms with Crippen LogP contribution in [-0.2, 0) is 6.54 Å². The van der Waals surface area contributed by atoms with Crippen molar-refractivity contribution in [3.05, 3.63) is 110 Å². The van der Waals surface area contributed by atoms with Crippen molar-refractivity contribution >= 4 is 33.1 Å². The zero-order valence-corrected chi connectivity index (χ0v) is 15.5. The zero-order valence-electron chi connectivity index (χ0n) is 13.9. The first kappa shape index (κ1) is 17.7. The first-order chi connectivity index (χ1) is 12.8. The van der Waals surface area contributed by atoms with Gasteiger partial charge in [0, 0.05) is 9.38 Å². The lowest BCUT2D eigenvalue weighted by molar-refractivity contribution is 1.04. The molecule has 0 amide bonds. The highest BCUT2D eigenvalue weighted by Crippen LogP contribution is 2.25. The Kier molecular flexibility index (Phi) is 6.02. The summed E-state index contributed by atoms with van der Waals surface area (Å²) in [6.07, 6.45) is 0. The Morgan fingerprint density at radius 3 is 2.12 bits per heavy atom. The molecule has 3 aromatic carbocycles. The van der Waals surface area contributed by atoms with E-state index in [4.69, 9.17) is 5.53 Å². The lowest BCUT2D eigenvalue weighted by Crippen LogP contribution is -1.88. The van der Waals surface area contributed by atoms with Crippen molar-refractivity contribution in [2.24, 2.45) is 10.1 Å². The molecule has 0 saturated carbocycles. The molecule has 3 aromatic rings. The third-order valence-corrected chi connectivity index (χ3v) is 4.25. The maximum Gasteiger partial charge on any atom is 0.0764 e. The molecule has 4 nitrogen and oxygen atoms in total. The van der Waals surface area contributed by atoms with Crippen LogP contribution in [0.2, 0.25) is 0 Å². The van der Waals surface area contributed by atoms with Gasteiger partial charge in [-0.3, -0.25) is 0 Å². The first-order valence-electron chi connectivity index (χ1n) is 8.02. The molecular weight excluding hydrogens is 388 g/mol. The summed E-state index contributed by atoms with van der Waals surface area (Å²) in [5.74, 6) is 3.20. The van der Waals surface area contributed by atoms with E-state index in [2.05, 4.69) is 36.8 Å². The van der Waals surface area contributed by atoms with E-state index in [-0.39, 0.29) is 6.54 Å². The summed E-state index contributed by atoms with van der Waals surface area (Å²) in [4.78, 5) is 7.40. The van der Waals surface area contributed by atoms with Gasteiger partial charge in [-0.15, -0.1) is 0 Å². The van der Waals surface area contributed by atoms with Gasteiger partial charge in [0.15, 0.2) is 0 Å². The standard InChI is InChI=1S/C21H15BrN4/c22-19-11-12-21(18(13-19)14-25-26-23)24-15-20(16-7-3-1-4-8-16)17-9-5-2-6-10-17/h1-13H,14H2. The Balaban J connectivity index is 2.13. The lowest BCUT2D eigenvalue weighted by atomic mass is 9.99. The molecule has 0 aliphatic rings. The van der Waals surface area contributed by atoms with E-state index < -0.39 is 0 Å². The van der Waals surface area contributed by atoms with Crippen molar-refractivity contribution in [3.8, 4) is 0 Å². The average Bonchev–Trinajstić information content (AvgIpc) is 2.69. The Morgan fingerprint density at radius 2 is 1.54 bits per heavy atom. The highest BCUT2D eigenvalue weighted by molar-refractivity contribution is 9.10. The zero-order chi connectivity index (χ0) is 18.2. The lowest BCUT2D eigenvalue weighted by Gasteiger charge is -2.05. The molecular formula is C21H15BrN4. The number of hydrogen-bond donors (Lipinski definition) is 0. The Hall–Kier alpha value is -3.10. The van der Waals surface area contributed by atoms with Crippen LogP contribution in [0.4, 0.5) is 5.69 Å². The fourth-order valence-electron chi connectivity index (χ4n) is 2.52. The van der Waals surface area contributed by atoms with Crippen LogP contribution < -0.4 is 0 Å². The molecule has 0 radical (unpaired) electrons. The van der Waals surface area contributed by atoms with E-state index in [1.807, 2.05) is 78.9 Å². The van der Waals surface area contributed by atoms with Gasteiger partial charge in [0.2, 0.25) is 0 Å². The second kappa shape index (κ2) is 8.84. The van der Waals surface area contributed by atoms with Gasteiger partial charge >= 0.3 is 0 Å². The van der Waals surface area contributed by atoms with Gasteiger partial charge < -0.3 is 0 Å². The van der Waals surface area contributed by atoms with E-state index in [1.165, 1.54) is 0 Å². The highest BCUT2D eigenvalue weighted by Gasteiger charge is 2.05. The third-order valence-electron chi connectivity index (χ3n) is 3.76. The summed E-state index contributed by atoms with van der Waals surface area (Å²) in [6, 6.07) is 25.8. The number of nitrogens with zero attached hydrogens (tertiary/aromatic N) is 4. The number of rotatable bonds is 5. The largest absolute Gasteiger partial charge is 0.205 e. The SMILES string of the molecule is [N-]=[N+]=NCc1cc(Br)ccc1N=C=C(c1ccccc1)c1ccccc1. The van der Waals surface area contributed by atoms with Crippen LogP contribution in [0.1, 0.15) is 16.7 Å². The van der Waals surface area contributed by atoms with Gasteiger partial charge in [-0.05, 0) is 46.3 Å². The van der Waals surface area contributed by atoms with Crippen LogP contribution in [0.15, 0.2) is 93.4 Å². The van der Waals surface area contributed by atoms with Crippen LogP contribution in [0, 0.1) is 0 Å². The number of halogens is 1. The number of aliphatic imine (C=N–C) groups is 1. The predicted molar refractivity (Wildman–Crippen MR) is 109 cm³/mol. The van der Waals surface area contributed by atoms with Crippen molar-refractivity contribution in [2.75, 3.05) is 0 Å². The van der Waals surface area contributed by atoms with Gasteiger partial charge in [-0.2, -0.15) is 0 Å². The minimum atomic E-state index is 0.239. The fraction of sp³-hybridized carbons (Fsp3) is 0.0476. The Morgan fingerprint density at radius 1 is 0.923 bits per heavy atom. The summed E-state index contributed by atoms with van der Waals surface area (Å²) in [6.45, 7) is 0.239. The van der Waals surface area contributed by atoms with Crippen LogP contribution >= 0.6 is 15.9 Å². The van der Waals surface area contributed by atoms with E-state index in [0.717, 1.165) is 32.4 Å². The molecule has 0 aliphatic carbocycles. The monoisotopic (exact) mass is 402 g/mol. The molecule has 3 rings (SSSR count). The molecule has 126 valence electrons. The summed E-state index contributed by atoms with van der Waals surface area (Å²) in [5, 5.41) is 3.65. The van der Waals surface area contributed by atoms with Crippen LogP contribution in [0.5, 0.6) is 0 Å². The molecule has 0 unspecified atom stereocenters. The van der Waals surface area contributed by atoms with Crippen LogP contribution in [0.25, 0.3) is 16.0 Å². The molecule has 0 N–H and O–H groups in total. The summed E-state index contributed by atoms with van der Waals surface area (Å²) >= 11 is 3.44. The van der Waals surface area contributed by atoms with Gasteiger partial charge in [0.05, 0.1) is 17.8 Å². The van der Waals surface area contributed by atoms with Gasteiger partial charge in [0.1, 0.15) is 0 Å². The highest BCUT2D eigenvalue weighted by atomic mass is 79.9. The average molecular weight is 403 g/mol. The minimum Gasteiger partial charge on any atom is -0.205 e. The number of hydrogen-bond acceptors (Lipinski definition) is 2. The summed E-state index contributed by atoms with van der Waals surface area (Å²) < 4.78 is 0.912. The number of benzene rings is 3. The van der Waals surface area contributed by atoms with Gasteiger partial charge in [-0.25, -0.2) is 4.99 Å². The molecule has 0 aliphatic heterocycles.